The summed E-state index contributed by atoms with van der Waals surface area (Å²) < 4.78 is 0. The van der Waals surface area contributed by atoms with Crippen molar-refractivity contribution in [1.29, 1.82) is 5.26 Å². The van der Waals surface area contributed by atoms with Crippen molar-refractivity contribution in [3.8, 4) is 5.97 Å². The molecule has 4 heavy (non-hydrogen) atoms. The third kappa shape index (κ3) is 1.51. The van der Waals surface area contributed by atoms with E-state index in [-0.39, 0.29) is 1.43 Å². The second-order valence-electron chi connectivity index (χ2n) is 0.296. The molecule has 0 aliphatic carbocycles. The van der Waals surface area contributed by atoms with Crippen molar-refractivity contribution in [3.05, 3.63) is 0 Å². The van der Waals surface area contributed by atoms with Gasteiger partial charge in [-0.3, -0.25) is 0 Å². The molecule has 2 N–H and O–H groups in total. The van der Waals surface area contributed by atoms with Crippen molar-refractivity contribution in [1.82, 2.24) is 0 Å². The fraction of sp³-hybridized carbons (Fsp3) is 0. The molecule has 0 aromatic carbocycles. The quantitative estimate of drug-likeness (QED) is 0.366. The molecule has 0 fully saturated rings. The van der Waals surface area contributed by atoms with Crippen LogP contribution >= 0.6 is 0 Å². The molecular weight excluding hydrogens is 50.8 g/mol. The van der Waals surface area contributed by atoms with E-state index in [9.17, 15) is 0 Å². The van der Waals surface area contributed by atoms with E-state index >= 15 is 0 Å². The van der Waals surface area contributed by atoms with Crippen molar-refractivity contribution < 1.29 is 1.43 Å². The smallest absolute Gasteiger partial charge is 0.361 e. The summed E-state index contributed by atoms with van der Waals surface area (Å²) in [6, 6.07) is 0. The minimum absolute atomic E-state index is 0. The molecule has 0 aliphatic heterocycles. The van der Waals surface area contributed by atoms with Gasteiger partial charge in [-0.1, -0.05) is 0 Å². The summed E-state index contributed by atoms with van der Waals surface area (Å²) in [6.45, 7) is 0. The SMILES string of the molecule is N#C[B]N.[H+]. The van der Waals surface area contributed by atoms with Gasteiger partial charge < -0.3 is 5.64 Å². The first-order valence-corrected chi connectivity index (χ1v) is 0.846. The normalized spacial score (nSPS) is 4.00. The number of nitrogens with zero attached hydrogens (tertiary/aromatic N) is 1. The summed E-state index contributed by atoms with van der Waals surface area (Å²) in [7, 11) is 0.931. The highest BCUT2D eigenvalue weighted by Gasteiger charge is 1.58. The molecule has 0 spiro atoms. The summed E-state index contributed by atoms with van der Waals surface area (Å²) in [6.07, 6.45) is 0. The minimum atomic E-state index is 0. The second kappa shape index (κ2) is 2.51. The Balaban J connectivity index is 0. The Bertz CT molecular complexity index is 39.4. The van der Waals surface area contributed by atoms with Gasteiger partial charge in [-0.25, -0.2) is 5.26 Å². The molecule has 0 heterocycles. The Morgan fingerprint density at radius 1 is 2.25 bits per heavy atom. The fourth-order valence-electron chi connectivity index (χ4n) is 0. The first-order valence-electron chi connectivity index (χ1n) is 0.846. The van der Waals surface area contributed by atoms with E-state index in [0.29, 0.717) is 0 Å². The van der Waals surface area contributed by atoms with Crippen LogP contribution in [0.2, 0.25) is 0 Å². The molecule has 0 aliphatic rings. The molecule has 0 rings (SSSR count). The van der Waals surface area contributed by atoms with E-state index in [1.54, 1.807) is 5.97 Å². The van der Waals surface area contributed by atoms with Gasteiger partial charge in [0, 0.05) is 5.97 Å². The van der Waals surface area contributed by atoms with Gasteiger partial charge in [0.05, 0.1) is 0 Å². The molecule has 1 radical (unpaired) electrons. The van der Waals surface area contributed by atoms with E-state index in [0.717, 1.165) is 7.41 Å². The fourth-order valence-corrected chi connectivity index (χ4v) is 0. The van der Waals surface area contributed by atoms with Crippen molar-refractivity contribution in [2.24, 2.45) is 5.64 Å². The van der Waals surface area contributed by atoms with Gasteiger partial charge >= 0.3 is 8.84 Å². The number of nitrogens with two attached hydrogens (primary N) is 1. The molecule has 0 bridgehead atoms. The predicted octanol–water partition coefficient (Wildman–Crippen LogP) is -0.842. The van der Waals surface area contributed by atoms with Gasteiger partial charge in [-0.15, -0.1) is 0 Å². The summed E-state index contributed by atoms with van der Waals surface area (Å²) in [5.74, 6) is 1.58. The average molecular weight is 53.9 g/mol. The van der Waals surface area contributed by atoms with Crippen LogP contribution in [0.1, 0.15) is 1.43 Å². The van der Waals surface area contributed by atoms with Crippen LogP contribution in [0, 0.1) is 11.2 Å². The first-order chi connectivity index (χ1) is 1.91. The molecule has 0 saturated carbocycles. The van der Waals surface area contributed by atoms with E-state index in [2.05, 4.69) is 5.64 Å². The zero-order valence-electron chi connectivity index (χ0n) is 3.10. The van der Waals surface area contributed by atoms with Crippen LogP contribution in [0.3, 0.4) is 0 Å². The highest BCUT2D eigenvalue weighted by molar-refractivity contribution is 6.40. The van der Waals surface area contributed by atoms with Crippen LogP contribution in [-0.4, -0.2) is 7.41 Å². The van der Waals surface area contributed by atoms with Gasteiger partial charge in [-0.05, 0) is 0 Å². The standard InChI is InChI=1S/CH2BN2/c3-1-2-4/h4H2/p+1. The van der Waals surface area contributed by atoms with Gasteiger partial charge in [0.1, 0.15) is 0 Å². The maximum atomic E-state index is 7.44. The molecule has 0 aromatic heterocycles. The average Bonchev–Trinajstić information content (AvgIpc) is 1.37. The third-order valence-electron chi connectivity index (χ3n) is 0.0745. The molecule has 0 aromatic rings. The van der Waals surface area contributed by atoms with E-state index in [4.69, 9.17) is 5.26 Å². The molecule has 0 saturated heterocycles. The van der Waals surface area contributed by atoms with Gasteiger partial charge in [0.2, 0.25) is 0 Å². The first kappa shape index (κ1) is 3.51. The lowest BCUT2D eigenvalue weighted by Crippen LogP contribution is -1.98. The zero-order chi connectivity index (χ0) is 3.41. The highest BCUT2D eigenvalue weighted by Crippen LogP contribution is 1.19. The Morgan fingerprint density at radius 3 is 2.50 bits per heavy atom. The van der Waals surface area contributed by atoms with Crippen LogP contribution in [0.4, 0.5) is 0 Å². The third-order valence-corrected chi connectivity index (χ3v) is 0.0745. The molecule has 0 unspecified atom stereocenters. The lowest BCUT2D eigenvalue weighted by Gasteiger charge is -1.43. The van der Waals surface area contributed by atoms with Gasteiger partial charge in [-0.2, -0.15) is 0 Å². The van der Waals surface area contributed by atoms with Crippen LogP contribution in [-0.2, 0) is 0 Å². The number of hydrogen-bond acceptors (Lipinski definition) is 2. The maximum absolute atomic E-state index is 7.44. The minimum Gasteiger partial charge on any atom is -0.361 e. The highest BCUT2D eigenvalue weighted by atomic mass is 14.4. The largest absolute Gasteiger partial charge is 1.00 e. The predicted molar refractivity (Wildman–Crippen MR) is 16.7 cm³/mol. The topological polar surface area (TPSA) is 49.8 Å². The molecule has 0 atom stereocenters. The Kier molecular flexibility index (Phi) is 2.21. The maximum Gasteiger partial charge on any atom is 1.00 e. The van der Waals surface area contributed by atoms with Crippen LogP contribution in [0.5, 0.6) is 0 Å². The van der Waals surface area contributed by atoms with E-state index in [1.165, 1.54) is 0 Å². The number of hydrogen-bond donors (Lipinski definition) is 1. The Hall–Kier alpha value is -0.485. The second-order valence-corrected chi connectivity index (χ2v) is 0.296. The van der Waals surface area contributed by atoms with E-state index in [1.807, 2.05) is 0 Å². The monoisotopic (exact) mass is 54.0 g/mol. The van der Waals surface area contributed by atoms with Crippen molar-refractivity contribution in [3.63, 3.8) is 0 Å². The van der Waals surface area contributed by atoms with E-state index < -0.39 is 0 Å². The molecular formula is CH3BN2+. The van der Waals surface area contributed by atoms with Crippen molar-refractivity contribution in [2.45, 2.75) is 0 Å². The zero-order valence-corrected chi connectivity index (χ0v) is 2.10. The number of rotatable bonds is 0. The van der Waals surface area contributed by atoms with Crippen LogP contribution < -0.4 is 5.64 Å². The van der Waals surface area contributed by atoms with Gasteiger partial charge in [0.25, 0.3) is 0 Å². The Labute approximate surface area is 27.0 Å². The summed E-state index contributed by atoms with van der Waals surface area (Å²) in [5, 5.41) is 7.44. The molecule has 3 heteroatoms. The van der Waals surface area contributed by atoms with Crippen LogP contribution in [0.25, 0.3) is 0 Å². The molecule has 2 nitrogen and oxygen atoms in total. The lowest BCUT2D eigenvalue weighted by molar-refractivity contribution is 1.56. The number of nitriles is 1. The van der Waals surface area contributed by atoms with Gasteiger partial charge in [0.15, 0.2) is 0 Å². The van der Waals surface area contributed by atoms with Crippen LogP contribution in [0.15, 0.2) is 0 Å². The van der Waals surface area contributed by atoms with Crippen molar-refractivity contribution >= 4 is 7.41 Å². The summed E-state index contributed by atoms with van der Waals surface area (Å²) >= 11 is 0. The Morgan fingerprint density at radius 2 is 2.50 bits per heavy atom. The lowest BCUT2D eigenvalue weighted by atomic mass is 10.0. The summed E-state index contributed by atoms with van der Waals surface area (Å²) in [4.78, 5) is 0. The van der Waals surface area contributed by atoms with Crippen molar-refractivity contribution in [2.75, 3.05) is 0 Å². The summed E-state index contributed by atoms with van der Waals surface area (Å²) in [5.41, 5.74) is 4.54. The molecule has 19 valence electrons. The molecule has 0 amide bonds.